The average Bonchev–Trinajstić information content (AvgIpc) is 2.76. The molecule has 1 aliphatic rings. The molecule has 1 heterocycles. The van der Waals surface area contributed by atoms with E-state index in [1.165, 1.54) is 16.7 Å². The van der Waals surface area contributed by atoms with E-state index in [1.807, 2.05) is 0 Å². The first-order valence-electron chi connectivity index (χ1n) is 6.28. The molecule has 1 N–H and O–H groups in total. The Morgan fingerprint density at radius 2 is 2.12 bits per heavy atom. The molecule has 0 saturated heterocycles. The van der Waals surface area contributed by atoms with Crippen LogP contribution >= 0.6 is 0 Å². The molecule has 17 heavy (non-hydrogen) atoms. The fraction of sp³-hybridized carbons (Fsp3) is 0.571. The van der Waals surface area contributed by atoms with Gasteiger partial charge in [0.2, 0.25) is 0 Å². The smallest absolute Gasteiger partial charge is 0.0474 e. The second-order valence-electron chi connectivity index (χ2n) is 4.79. The molecule has 0 atom stereocenters. The molecule has 1 aliphatic heterocycles. The van der Waals surface area contributed by atoms with E-state index in [0.29, 0.717) is 0 Å². The van der Waals surface area contributed by atoms with Gasteiger partial charge in [-0.05, 0) is 30.2 Å². The zero-order valence-electron chi connectivity index (χ0n) is 10.8. The Morgan fingerprint density at radius 3 is 2.94 bits per heavy atom. The van der Waals surface area contributed by atoms with Gasteiger partial charge in [-0.15, -0.1) is 0 Å². The summed E-state index contributed by atoms with van der Waals surface area (Å²) in [6, 6.07) is 6.84. The van der Waals surface area contributed by atoms with E-state index < -0.39 is 0 Å². The lowest BCUT2D eigenvalue weighted by Crippen LogP contribution is -2.20. The minimum Gasteiger partial charge on any atom is -0.385 e. The number of methoxy groups -OCH3 is 1. The number of ether oxygens (including phenoxy) is 1. The van der Waals surface area contributed by atoms with E-state index in [9.17, 15) is 0 Å². The Bertz CT molecular complexity index is 365. The van der Waals surface area contributed by atoms with Crippen LogP contribution in [0.2, 0.25) is 0 Å². The molecule has 3 heteroatoms. The van der Waals surface area contributed by atoms with E-state index >= 15 is 0 Å². The first kappa shape index (κ1) is 12.6. The lowest BCUT2D eigenvalue weighted by atomic mass is 10.1. The SMILES string of the molecule is COCCCN(C)Cc1ccc2c(c1)CNC2. The van der Waals surface area contributed by atoms with Crippen LogP contribution in [0.4, 0.5) is 0 Å². The molecule has 0 unspecified atom stereocenters. The molecular weight excluding hydrogens is 212 g/mol. The molecular formula is C14H22N2O. The highest BCUT2D eigenvalue weighted by molar-refractivity contribution is 5.34. The Balaban J connectivity index is 1.86. The first-order valence-corrected chi connectivity index (χ1v) is 6.28. The van der Waals surface area contributed by atoms with Crippen molar-refractivity contribution in [2.45, 2.75) is 26.1 Å². The van der Waals surface area contributed by atoms with Gasteiger partial charge in [0.1, 0.15) is 0 Å². The maximum Gasteiger partial charge on any atom is 0.0474 e. The second-order valence-corrected chi connectivity index (χ2v) is 4.79. The lowest BCUT2D eigenvalue weighted by Gasteiger charge is -2.16. The number of rotatable bonds is 6. The number of hydrogen-bond acceptors (Lipinski definition) is 3. The molecule has 0 radical (unpaired) electrons. The monoisotopic (exact) mass is 234 g/mol. The molecule has 3 nitrogen and oxygen atoms in total. The Kier molecular flexibility index (Phi) is 4.54. The quantitative estimate of drug-likeness (QED) is 0.759. The van der Waals surface area contributed by atoms with Crippen LogP contribution in [0.3, 0.4) is 0 Å². The van der Waals surface area contributed by atoms with Gasteiger partial charge in [-0.2, -0.15) is 0 Å². The zero-order chi connectivity index (χ0) is 12.1. The van der Waals surface area contributed by atoms with Gasteiger partial charge in [0.15, 0.2) is 0 Å². The third-order valence-corrected chi connectivity index (χ3v) is 3.24. The molecule has 1 aromatic carbocycles. The first-order chi connectivity index (χ1) is 8.29. The normalized spacial score (nSPS) is 14.3. The number of fused-ring (bicyclic) bond motifs is 1. The fourth-order valence-corrected chi connectivity index (χ4v) is 2.32. The lowest BCUT2D eigenvalue weighted by molar-refractivity contribution is 0.178. The molecule has 0 amide bonds. The van der Waals surface area contributed by atoms with Crippen LogP contribution in [0.25, 0.3) is 0 Å². The van der Waals surface area contributed by atoms with Crippen molar-refractivity contribution < 1.29 is 4.74 Å². The largest absolute Gasteiger partial charge is 0.385 e. The molecule has 0 saturated carbocycles. The third kappa shape index (κ3) is 3.53. The van der Waals surface area contributed by atoms with Crippen LogP contribution in [0.1, 0.15) is 23.1 Å². The number of nitrogens with one attached hydrogen (secondary N) is 1. The highest BCUT2D eigenvalue weighted by Gasteiger charge is 2.10. The number of nitrogens with zero attached hydrogens (tertiary/aromatic N) is 1. The summed E-state index contributed by atoms with van der Waals surface area (Å²) in [5, 5.41) is 3.38. The van der Waals surface area contributed by atoms with E-state index in [-0.39, 0.29) is 0 Å². The van der Waals surface area contributed by atoms with E-state index in [0.717, 1.165) is 39.2 Å². The summed E-state index contributed by atoms with van der Waals surface area (Å²) < 4.78 is 5.07. The predicted molar refractivity (Wildman–Crippen MR) is 69.8 cm³/mol. The van der Waals surface area contributed by atoms with Gasteiger partial charge < -0.3 is 15.0 Å². The van der Waals surface area contributed by atoms with Crippen LogP contribution in [0, 0.1) is 0 Å². The third-order valence-electron chi connectivity index (χ3n) is 3.24. The molecule has 0 aromatic heterocycles. The van der Waals surface area contributed by atoms with Crippen molar-refractivity contribution in [3.05, 3.63) is 34.9 Å². The van der Waals surface area contributed by atoms with Crippen LogP contribution in [0.5, 0.6) is 0 Å². The summed E-state index contributed by atoms with van der Waals surface area (Å²) in [4.78, 5) is 2.35. The summed E-state index contributed by atoms with van der Waals surface area (Å²) in [6.07, 6.45) is 1.10. The fourth-order valence-electron chi connectivity index (χ4n) is 2.32. The molecule has 2 rings (SSSR count). The highest BCUT2D eigenvalue weighted by atomic mass is 16.5. The topological polar surface area (TPSA) is 24.5 Å². The van der Waals surface area contributed by atoms with Crippen LogP contribution < -0.4 is 5.32 Å². The molecule has 1 aromatic rings. The summed E-state index contributed by atoms with van der Waals surface area (Å²) in [6.45, 7) is 5.01. The van der Waals surface area contributed by atoms with E-state index in [4.69, 9.17) is 4.74 Å². The Morgan fingerprint density at radius 1 is 1.29 bits per heavy atom. The Labute approximate surface area is 104 Å². The standard InChI is InChI=1S/C14H22N2O/c1-16(6-3-7-17-2)11-12-4-5-13-9-15-10-14(13)8-12/h4-5,8,15H,3,6-7,9-11H2,1-2H3. The zero-order valence-corrected chi connectivity index (χ0v) is 10.8. The van der Waals surface area contributed by atoms with Gasteiger partial charge >= 0.3 is 0 Å². The van der Waals surface area contributed by atoms with Crippen molar-refractivity contribution in [3.63, 3.8) is 0 Å². The molecule has 0 spiro atoms. The molecule has 0 bridgehead atoms. The van der Waals surface area contributed by atoms with Crippen molar-refractivity contribution in [3.8, 4) is 0 Å². The highest BCUT2D eigenvalue weighted by Crippen LogP contribution is 2.17. The molecule has 0 fully saturated rings. The van der Waals surface area contributed by atoms with Crippen LogP contribution in [-0.2, 0) is 24.4 Å². The van der Waals surface area contributed by atoms with Gasteiger partial charge in [0.05, 0.1) is 0 Å². The summed E-state index contributed by atoms with van der Waals surface area (Å²) >= 11 is 0. The maximum atomic E-state index is 5.07. The van der Waals surface area contributed by atoms with Gasteiger partial charge in [-0.1, -0.05) is 18.2 Å². The van der Waals surface area contributed by atoms with Crippen molar-refractivity contribution in [1.82, 2.24) is 10.2 Å². The van der Waals surface area contributed by atoms with Gasteiger partial charge in [-0.3, -0.25) is 0 Å². The van der Waals surface area contributed by atoms with Crippen molar-refractivity contribution in [2.75, 3.05) is 27.3 Å². The van der Waals surface area contributed by atoms with E-state index in [1.54, 1.807) is 7.11 Å². The minimum absolute atomic E-state index is 0.846. The van der Waals surface area contributed by atoms with Crippen molar-refractivity contribution >= 4 is 0 Å². The van der Waals surface area contributed by atoms with Crippen LogP contribution in [0.15, 0.2) is 18.2 Å². The minimum atomic E-state index is 0.846. The van der Waals surface area contributed by atoms with Gasteiger partial charge in [0, 0.05) is 39.9 Å². The van der Waals surface area contributed by atoms with E-state index in [2.05, 4.69) is 35.5 Å². The Hall–Kier alpha value is -0.900. The van der Waals surface area contributed by atoms with Gasteiger partial charge in [-0.25, -0.2) is 0 Å². The number of hydrogen-bond donors (Lipinski definition) is 1. The summed E-state index contributed by atoms with van der Waals surface area (Å²) in [5.41, 5.74) is 4.33. The molecule has 0 aliphatic carbocycles. The summed E-state index contributed by atoms with van der Waals surface area (Å²) in [5.74, 6) is 0. The van der Waals surface area contributed by atoms with Crippen molar-refractivity contribution in [2.24, 2.45) is 0 Å². The predicted octanol–water partition coefficient (Wildman–Crippen LogP) is 1.76. The maximum absolute atomic E-state index is 5.07. The van der Waals surface area contributed by atoms with Crippen molar-refractivity contribution in [1.29, 1.82) is 0 Å². The van der Waals surface area contributed by atoms with Crippen LogP contribution in [-0.4, -0.2) is 32.2 Å². The van der Waals surface area contributed by atoms with Gasteiger partial charge in [0.25, 0.3) is 0 Å². The molecule has 94 valence electrons. The summed E-state index contributed by atoms with van der Waals surface area (Å²) in [7, 11) is 3.93. The number of benzene rings is 1. The average molecular weight is 234 g/mol. The second kappa shape index (κ2) is 6.15.